The Kier molecular flexibility index (Phi) is 7.18. The van der Waals surface area contributed by atoms with Crippen LogP contribution in [0.4, 0.5) is 10.5 Å². The summed E-state index contributed by atoms with van der Waals surface area (Å²) in [4.78, 5) is 23.1. The van der Waals surface area contributed by atoms with E-state index < -0.39 is 12.0 Å². The molecule has 116 valence electrons. The molecule has 21 heavy (non-hydrogen) atoms. The summed E-state index contributed by atoms with van der Waals surface area (Å²) in [6.07, 6.45) is 1.69. The molecule has 3 N–H and O–H groups in total. The number of nitrogens with one attached hydrogen (secondary N) is 2. The molecule has 0 aliphatic carbocycles. The minimum atomic E-state index is -1.10. The molecule has 0 saturated carbocycles. The van der Waals surface area contributed by atoms with Crippen LogP contribution in [-0.2, 0) is 4.74 Å². The number of carbonyl (C=O) groups excluding carboxylic acids is 1. The zero-order valence-corrected chi connectivity index (χ0v) is 13.6. The van der Waals surface area contributed by atoms with Gasteiger partial charge in [-0.3, -0.25) is 0 Å². The lowest BCUT2D eigenvalue weighted by Crippen LogP contribution is -2.40. The molecule has 1 aromatic rings. The smallest absolute Gasteiger partial charge is 0.337 e. The number of benzene rings is 1. The molecule has 2 amide bonds. The van der Waals surface area contributed by atoms with Crippen molar-refractivity contribution in [2.75, 3.05) is 19.0 Å². The summed E-state index contributed by atoms with van der Waals surface area (Å²) in [5.74, 6) is -1.10. The Morgan fingerprint density at radius 1 is 1.43 bits per heavy atom. The quantitative estimate of drug-likeness (QED) is 0.698. The summed E-state index contributed by atoms with van der Waals surface area (Å²) in [6, 6.07) is 4.09. The first-order valence-electron chi connectivity index (χ1n) is 6.57. The van der Waals surface area contributed by atoms with Crippen LogP contribution in [0, 0.1) is 0 Å². The fraction of sp³-hybridized carbons (Fsp3) is 0.429. The number of carbonyl (C=O) groups is 2. The van der Waals surface area contributed by atoms with E-state index in [4.69, 9.17) is 9.84 Å². The number of methoxy groups -OCH3 is 1. The minimum absolute atomic E-state index is 0.0262. The Morgan fingerprint density at radius 2 is 2.14 bits per heavy atom. The highest BCUT2D eigenvalue weighted by Gasteiger charge is 2.15. The average molecular weight is 359 g/mol. The Hall–Kier alpha value is -1.60. The van der Waals surface area contributed by atoms with Crippen molar-refractivity contribution in [3.63, 3.8) is 0 Å². The van der Waals surface area contributed by atoms with E-state index in [0.29, 0.717) is 11.1 Å². The summed E-state index contributed by atoms with van der Waals surface area (Å²) in [5.41, 5.74) is 0.272. The van der Waals surface area contributed by atoms with Crippen molar-refractivity contribution in [3.05, 3.63) is 28.2 Å². The number of anilines is 1. The maximum absolute atomic E-state index is 11.9. The van der Waals surface area contributed by atoms with E-state index >= 15 is 0 Å². The lowest BCUT2D eigenvalue weighted by atomic mass is 10.1. The Labute approximate surface area is 132 Å². The number of hydrogen-bond donors (Lipinski definition) is 3. The molecule has 0 heterocycles. The van der Waals surface area contributed by atoms with Gasteiger partial charge in [0.05, 0.1) is 23.9 Å². The van der Waals surface area contributed by atoms with Gasteiger partial charge in [-0.15, -0.1) is 0 Å². The third-order valence-corrected chi connectivity index (χ3v) is 3.29. The molecular weight excluding hydrogens is 340 g/mol. The molecular formula is C14H19BrN2O4. The molecule has 0 aliphatic heterocycles. The van der Waals surface area contributed by atoms with Crippen LogP contribution in [0.2, 0.25) is 0 Å². The Bertz CT molecular complexity index is 502. The third-order valence-electron chi connectivity index (χ3n) is 2.80. The maximum atomic E-state index is 11.9. The molecule has 0 aromatic heterocycles. The Balaban J connectivity index is 2.76. The van der Waals surface area contributed by atoms with Crippen molar-refractivity contribution < 1.29 is 19.4 Å². The fourth-order valence-electron chi connectivity index (χ4n) is 1.89. The summed E-state index contributed by atoms with van der Waals surface area (Å²) in [7, 11) is 1.57. The largest absolute Gasteiger partial charge is 0.478 e. The van der Waals surface area contributed by atoms with Gasteiger partial charge in [0.1, 0.15) is 0 Å². The second kappa shape index (κ2) is 8.63. The number of halogens is 1. The number of urea groups is 1. The maximum Gasteiger partial charge on any atom is 0.337 e. The van der Waals surface area contributed by atoms with E-state index in [1.807, 2.05) is 6.92 Å². The molecule has 0 bridgehead atoms. The SMILES string of the molecule is CCCC(COC)NC(=O)Nc1ccc(Br)cc1C(=O)O. The highest BCUT2D eigenvalue weighted by atomic mass is 79.9. The molecule has 0 spiro atoms. The van der Waals surface area contributed by atoms with Gasteiger partial charge in [0.25, 0.3) is 0 Å². The molecule has 1 rings (SSSR count). The van der Waals surface area contributed by atoms with Crippen LogP contribution in [0.1, 0.15) is 30.1 Å². The number of carboxylic acids is 1. The monoisotopic (exact) mass is 358 g/mol. The number of amides is 2. The van der Waals surface area contributed by atoms with Gasteiger partial charge in [-0.25, -0.2) is 9.59 Å². The summed E-state index contributed by atoms with van der Waals surface area (Å²) >= 11 is 3.20. The second-order valence-electron chi connectivity index (χ2n) is 4.53. The van der Waals surface area contributed by atoms with Crippen molar-refractivity contribution in [1.29, 1.82) is 0 Å². The number of ether oxygens (including phenoxy) is 1. The molecule has 7 heteroatoms. The lowest BCUT2D eigenvalue weighted by molar-refractivity contribution is 0.0698. The molecule has 0 aliphatic rings. The second-order valence-corrected chi connectivity index (χ2v) is 5.45. The van der Waals surface area contributed by atoms with Gasteiger partial charge in [0.15, 0.2) is 0 Å². The normalized spacial score (nSPS) is 11.8. The van der Waals surface area contributed by atoms with Gasteiger partial charge >= 0.3 is 12.0 Å². The Morgan fingerprint density at radius 3 is 2.71 bits per heavy atom. The van der Waals surface area contributed by atoms with Crippen molar-refractivity contribution in [3.8, 4) is 0 Å². The van der Waals surface area contributed by atoms with Crippen LogP contribution in [0.5, 0.6) is 0 Å². The van der Waals surface area contributed by atoms with Gasteiger partial charge in [-0.05, 0) is 24.6 Å². The summed E-state index contributed by atoms with van der Waals surface area (Å²) < 4.78 is 5.68. The van der Waals surface area contributed by atoms with Crippen LogP contribution >= 0.6 is 15.9 Å². The van der Waals surface area contributed by atoms with Crippen molar-refractivity contribution >= 4 is 33.6 Å². The molecule has 0 radical (unpaired) electrons. The van der Waals surface area contributed by atoms with E-state index in [1.165, 1.54) is 12.1 Å². The average Bonchev–Trinajstić information content (AvgIpc) is 2.41. The third kappa shape index (κ3) is 5.73. The zero-order valence-electron chi connectivity index (χ0n) is 12.0. The van der Waals surface area contributed by atoms with Crippen molar-refractivity contribution in [2.45, 2.75) is 25.8 Å². The summed E-state index contributed by atoms with van der Waals surface area (Å²) in [5, 5.41) is 14.5. The lowest BCUT2D eigenvalue weighted by Gasteiger charge is -2.18. The molecule has 6 nitrogen and oxygen atoms in total. The van der Waals surface area contributed by atoms with E-state index in [1.54, 1.807) is 13.2 Å². The molecule has 0 fully saturated rings. The van der Waals surface area contributed by atoms with E-state index in [2.05, 4.69) is 26.6 Å². The van der Waals surface area contributed by atoms with Crippen LogP contribution in [0.25, 0.3) is 0 Å². The van der Waals surface area contributed by atoms with Gasteiger partial charge in [0, 0.05) is 11.6 Å². The predicted molar refractivity (Wildman–Crippen MR) is 83.8 cm³/mol. The highest BCUT2D eigenvalue weighted by Crippen LogP contribution is 2.21. The zero-order chi connectivity index (χ0) is 15.8. The predicted octanol–water partition coefficient (Wildman–Crippen LogP) is 3.08. The molecule has 1 atom stereocenters. The molecule has 1 aromatic carbocycles. The van der Waals surface area contributed by atoms with Gasteiger partial charge in [-0.1, -0.05) is 29.3 Å². The van der Waals surface area contributed by atoms with E-state index in [0.717, 1.165) is 12.8 Å². The van der Waals surface area contributed by atoms with Crippen molar-refractivity contribution in [1.82, 2.24) is 5.32 Å². The highest BCUT2D eigenvalue weighted by molar-refractivity contribution is 9.10. The van der Waals surface area contributed by atoms with Gasteiger partial charge < -0.3 is 20.5 Å². The van der Waals surface area contributed by atoms with E-state index in [-0.39, 0.29) is 17.3 Å². The first-order chi connectivity index (χ1) is 9.97. The topological polar surface area (TPSA) is 87.7 Å². The molecule has 0 saturated heterocycles. The standard InChI is InChI=1S/C14H19BrN2O4/c1-3-4-10(8-21-2)16-14(20)17-12-6-5-9(15)7-11(12)13(18)19/h5-7,10H,3-4,8H2,1-2H3,(H,18,19)(H2,16,17,20). The fourth-order valence-corrected chi connectivity index (χ4v) is 2.25. The van der Waals surface area contributed by atoms with Crippen LogP contribution in [-0.4, -0.2) is 36.9 Å². The minimum Gasteiger partial charge on any atom is -0.478 e. The van der Waals surface area contributed by atoms with Crippen LogP contribution in [0.3, 0.4) is 0 Å². The summed E-state index contributed by atoms with van der Waals surface area (Å²) in [6.45, 7) is 2.42. The number of aromatic carboxylic acids is 1. The first kappa shape index (κ1) is 17.5. The number of hydrogen-bond acceptors (Lipinski definition) is 3. The van der Waals surface area contributed by atoms with Gasteiger partial charge in [0.2, 0.25) is 0 Å². The number of rotatable bonds is 7. The molecule has 1 unspecified atom stereocenters. The van der Waals surface area contributed by atoms with E-state index in [9.17, 15) is 9.59 Å². The first-order valence-corrected chi connectivity index (χ1v) is 7.36. The van der Waals surface area contributed by atoms with Crippen molar-refractivity contribution in [2.24, 2.45) is 0 Å². The number of carboxylic acid groups (broad SMARTS) is 1. The van der Waals surface area contributed by atoms with Crippen LogP contribution in [0.15, 0.2) is 22.7 Å². The van der Waals surface area contributed by atoms with Gasteiger partial charge in [-0.2, -0.15) is 0 Å². The van der Waals surface area contributed by atoms with Crippen LogP contribution < -0.4 is 10.6 Å².